The third-order valence-corrected chi connectivity index (χ3v) is 3.11. The third-order valence-electron chi connectivity index (χ3n) is 2.41. The molecule has 0 aliphatic rings. The van der Waals surface area contributed by atoms with Gasteiger partial charge in [-0.2, -0.15) is 11.8 Å². The Morgan fingerprint density at radius 1 is 1.38 bits per heavy atom. The lowest BCUT2D eigenvalue weighted by Gasteiger charge is -2.08. The van der Waals surface area contributed by atoms with Gasteiger partial charge in [-0.05, 0) is 43.9 Å². The number of nitrogens with one attached hydrogen (secondary N) is 1. The number of rotatable bonds is 5. The molecule has 0 saturated carbocycles. The largest absolute Gasteiger partial charge is 0.326 e. The number of hydrogen-bond acceptors (Lipinski definition) is 2. The molecule has 0 bridgehead atoms. The number of carbonyl (C=O) groups excluding carboxylic acids is 1. The highest BCUT2D eigenvalue weighted by molar-refractivity contribution is 7.98. The summed E-state index contributed by atoms with van der Waals surface area (Å²) in [6.45, 7) is 4.07. The van der Waals surface area contributed by atoms with Gasteiger partial charge < -0.3 is 5.32 Å². The van der Waals surface area contributed by atoms with E-state index < -0.39 is 0 Å². The van der Waals surface area contributed by atoms with Crippen LogP contribution < -0.4 is 5.32 Å². The minimum absolute atomic E-state index is 0.112. The van der Waals surface area contributed by atoms with Crippen LogP contribution in [0.25, 0.3) is 0 Å². The predicted octanol–water partition coefficient (Wildman–Crippen LogP) is 3.39. The topological polar surface area (TPSA) is 29.1 Å². The first kappa shape index (κ1) is 13.1. The average molecular weight is 237 g/mol. The van der Waals surface area contributed by atoms with Gasteiger partial charge in [0.15, 0.2) is 0 Å². The summed E-state index contributed by atoms with van der Waals surface area (Å²) in [6.07, 6.45) is 3.61. The van der Waals surface area contributed by atoms with Gasteiger partial charge >= 0.3 is 0 Å². The Morgan fingerprint density at radius 2 is 2.12 bits per heavy atom. The summed E-state index contributed by atoms with van der Waals surface area (Å²) in [5.41, 5.74) is 3.27. The van der Waals surface area contributed by atoms with Crippen molar-refractivity contribution in [1.82, 2.24) is 0 Å². The summed E-state index contributed by atoms with van der Waals surface area (Å²) in [5, 5.41) is 2.95. The molecule has 0 fully saturated rings. The third kappa shape index (κ3) is 4.27. The SMILES string of the molecule is CSCCCC(=O)Nc1ccc(C)cc1C. The molecule has 0 spiro atoms. The number of benzene rings is 1. The van der Waals surface area contributed by atoms with Crippen LogP contribution in [0.4, 0.5) is 5.69 Å². The molecule has 88 valence electrons. The van der Waals surface area contributed by atoms with Crippen LogP contribution in [0.5, 0.6) is 0 Å². The molecular weight excluding hydrogens is 218 g/mol. The Hall–Kier alpha value is -0.960. The van der Waals surface area contributed by atoms with Crippen molar-refractivity contribution in [2.45, 2.75) is 26.7 Å². The molecule has 1 aromatic carbocycles. The molecular formula is C13H19NOS. The monoisotopic (exact) mass is 237 g/mol. The van der Waals surface area contributed by atoms with Gasteiger partial charge in [0.2, 0.25) is 5.91 Å². The molecule has 3 heteroatoms. The highest BCUT2D eigenvalue weighted by Crippen LogP contribution is 2.16. The number of carbonyl (C=O) groups is 1. The van der Waals surface area contributed by atoms with E-state index >= 15 is 0 Å². The number of anilines is 1. The van der Waals surface area contributed by atoms with Crippen molar-refractivity contribution in [2.24, 2.45) is 0 Å². The quantitative estimate of drug-likeness (QED) is 0.795. The number of hydrogen-bond donors (Lipinski definition) is 1. The maximum absolute atomic E-state index is 11.6. The van der Waals surface area contributed by atoms with Crippen molar-refractivity contribution in [3.63, 3.8) is 0 Å². The summed E-state index contributed by atoms with van der Waals surface area (Å²) in [6, 6.07) is 6.07. The molecule has 1 N–H and O–H groups in total. The molecule has 1 rings (SSSR count). The van der Waals surface area contributed by atoms with E-state index in [0.717, 1.165) is 23.4 Å². The summed E-state index contributed by atoms with van der Waals surface area (Å²) in [5.74, 6) is 1.15. The first-order chi connectivity index (χ1) is 7.63. The molecule has 0 unspecified atom stereocenters. The molecule has 16 heavy (non-hydrogen) atoms. The van der Waals surface area contributed by atoms with Crippen LogP contribution in [0, 0.1) is 13.8 Å². The highest BCUT2D eigenvalue weighted by atomic mass is 32.2. The van der Waals surface area contributed by atoms with Crippen molar-refractivity contribution < 1.29 is 4.79 Å². The molecule has 0 saturated heterocycles. The Morgan fingerprint density at radius 3 is 2.75 bits per heavy atom. The van der Waals surface area contributed by atoms with E-state index in [1.807, 2.05) is 19.1 Å². The maximum atomic E-state index is 11.6. The van der Waals surface area contributed by atoms with Crippen LogP contribution in [-0.2, 0) is 4.79 Å². The zero-order valence-electron chi connectivity index (χ0n) is 10.2. The molecule has 0 aliphatic carbocycles. The lowest BCUT2D eigenvalue weighted by molar-refractivity contribution is -0.116. The fourth-order valence-corrected chi connectivity index (χ4v) is 1.98. The minimum Gasteiger partial charge on any atom is -0.326 e. The van der Waals surface area contributed by atoms with Gasteiger partial charge in [-0.15, -0.1) is 0 Å². The minimum atomic E-state index is 0.112. The fourth-order valence-electron chi connectivity index (χ4n) is 1.54. The summed E-state index contributed by atoms with van der Waals surface area (Å²) >= 11 is 1.78. The van der Waals surface area contributed by atoms with E-state index in [4.69, 9.17) is 0 Å². The van der Waals surface area contributed by atoms with Gasteiger partial charge in [-0.25, -0.2) is 0 Å². The lowest BCUT2D eigenvalue weighted by Crippen LogP contribution is -2.12. The Labute approximate surface area is 102 Å². The second kappa shape index (κ2) is 6.59. The molecule has 0 aliphatic heterocycles. The normalized spacial score (nSPS) is 10.2. The van der Waals surface area contributed by atoms with Gasteiger partial charge in [0, 0.05) is 12.1 Å². The summed E-state index contributed by atoms with van der Waals surface area (Å²) in [4.78, 5) is 11.6. The Balaban J connectivity index is 2.49. The van der Waals surface area contributed by atoms with E-state index in [0.29, 0.717) is 6.42 Å². The molecule has 0 radical (unpaired) electrons. The van der Waals surface area contributed by atoms with Gasteiger partial charge in [-0.3, -0.25) is 4.79 Å². The van der Waals surface area contributed by atoms with E-state index in [-0.39, 0.29) is 5.91 Å². The molecule has 1 amide bonds. The molecule has 1 aromatic rings. The van der Waals surface area contributed by atoms with Crippen LogP contribution in [0.15, 0.2) is 18.2 Å². The zero-order chi connectivity index (χ0) is 12.0. The van der Waals surface area contributed by atoms with Crippen molar-refractivity contribution in [3.05, 3.63) is 29.3 Å². The summed E-state index contributed by atoms with van der Waals surface area (Å²) < 4.78 is 0. The first-order valence-electron chi connectivity index (χ1n) is 5.49. The van der Waals surface area contributed by atoms with Gasteiger partial charge in [0.25, 0.3) is 0 Å². The van der Waals surface area contributed by atoms with Gasteiger partial charge in [0.1, 0.15) is 0 Å². The standard InChI is InChI=1S/C13H19NOS/c1-10-6-7-12(11(2)9-10)14-13(15)5-4-8-16-3/h6-7,9H,4-5,8H2,1-3H3,(H,14,15). The number of amides is 1. The van der Waals surface area contributed by atoms with Crippen molar-refractivity contribution in [1.29, 1.82) is 0 Å². The van der Waals surface area contributed by atoms with Crippen molar-refractivity contribution >= 4 is 23.4 Å². The average Bonchev–Trinajstić information content (AvgIpc) is 2.23. The van der Waals surface area contributed by atoms with E-state index in [2.05, 4.69) is 24.6 Å². The number of aryl methyl sites for hydroxylation is 2. The Kier molecular flexibility index (Phi) is 5.39. The second-order valence-corrected chi connectivity index (χ2v) is 4.95. The predicted molar refractivity (Wildman–Crippen MR) is 72.2 cm³/mol. The van der Waals surface area contributed by atoms with Gasteiger partial charge in [-0.1, -0.05) is 17.7 Å². The Bertz CT molecular complexity index is 363. The zero-order valence-corrected chi connectivity index (χ0v) is 11.0. The van der Waals surface area contributed by atoms with Gasteiger partial charge in [0.05, 0.1) is 0 Å². The van der Waals surface area contributed by atoms with Crippen LogP contribution in [0.3, 0.4) is 0 Å². The van der Waals surface area contributed by atoms with E-state index in [1.165, 1.54) is 5.56 Å². The van der Waals surface area contributed by atoms with Crippen LogP contribution in [0.1, 0.15) is 24.0 Å². The first-order valence-corrected chi connectivity index (χ1v) is 6.89. The van der Waals surface area contributed by atoms with Crippen LogP contribution in [-0.4, -0.2) is 17.9 Å². The smallest absolute Gasteiger partial charge is 0.224 e. The lowest BCUT2D eigenvalue weighted by atomic mass is 10.1. The van der Waals surface area contributed by atoms with Crippen LogP contribution >= 0.6 is 11.8 Å². The summed E-state index contributed by atoms with van der Waals surface area (Å²) in [7, 11) is 0. The van der Waals surface area contributed by atoms with Crippen molar-refractivity contribution in [2.75, 3.05) is 17.3 Å². The highest BCUT2D eigenvalue weighted by Gasteiger charge is 2.04. The molecule has 0 atom stereocenters. The molecule has 0 aromatic heterocycles. The molecule has 0 heterocycles. The fraction of sp³-hybridized carbons (Fsp3) is 0.462. The second-order valence-electron chi connectivity index (χ2n) is 3.96. The van der Waals surface area contributed by atoms with Crippen molar-refractivity contribution in [3.8, 4) is 0 Å². The van der Waals surface area contributed by atoms with E-state index in [1.54, 1.807) is 11.8 Å². The molecule has 2 nitrogen and oxygen atoms in total. The van der Waals surface area contributed by atoms with E-state index in [9.17, 15) is 4.79 Å². The maximum Gasteiger partial charge on any atom is 0.224 e. The number of thioether (sulfide) groups is 1. The van der Waals surface area contributed by atoms with Crippen LogP contribution in [0.2, 0.25) is 0 Å².